The Morgan fingerprint density at radius 1 is 1.10 bits per heavy atom. The van der Waals surface area contributed by atoms with Crippen LogP contribution in [-0.4, -0.2) is 7.11 Å². The second-order valence-corrected chi connectivity index (χ2v) is 5.83. The Labute approximate surface area is 127 Å². The normalized spacial score (nSPS) is 13.8. The molecule has 0 saturated carbocycles. The first-order chi connectivity index (χ1) is 10.00. The van der Waals surface area contributed by atoms with E-state index >= 15 is 0 Å². The summed E-state index contributed by atoms with van der Waals surface area (Å²) in [6, 6.07) is 14.7. The fourth-order valence-corrected chi connectivity index (χ4v) is 3.08. The van der Waals surface area contributed by atoms with E-state index in [-0.39, 0.29) is 0 Å². The van der Waals surface area contributed by atoms with E-state index in [4.69, 9.17) is 10.5 Å². The van der Waals surface area contributed by atoms with Gasteiger partial charge in [0.1, 0.15) is 5.75 Å². The molecule has 0 bridgehead atoms. The highest BCUT2D eigenvalue weighted by Gasteiger charge is 2.30. The minimum Gasteiger partial charge on any atom is -0.496 e. The molecule has 2 aromatic rings. The number of benzene rings is 2. The highest BCUT2D eigenvalue weighted by Crippen LogP contribution is 2.36. The van der Waals surface area contributed by atoms with Crippen LogP contribution in [0.15, 0.2) is 42.5 Å². The van der Waals surface area contributed by atoms with Gasteiger partial charge in [-0.2, -0.15) is 0 Å². The van der Waals surface area contributed by atoms with Gasteiger partial charge in [0.15, 0.2) is 0 Å². The molecule has 0 heterocycles. The zero-order chi connectivity index (χ0) is 15.5. The van der Waals surface area contributed by atoms with Crippen molar-refractivity contribution >= 4 is 0 Å². The van der Waals surface area contributed by atoms with E-state index in [0.29, 0.717) is 0 Å². The maximum absolute atomic E-state index is 6.80. The number of aryl methyl sites for hydroxylation is 2. The third-order valence-electron chi connectivity index (χ3n) is 4.15. The maximum Gasteiger partial charge on any atom is 0.124 e. The average Bonchev–Trinajstić information content (AvgIpc) is 2.47. The molecule has 2 nitrogen and oxygen atoms in total. The maximum atomic E-state index is 6.80. The first kappa shape index (κ1) is 15.6. The van der Waals surface area contributed by atoms with Crippen LogP contribution >= 0.6 is 0 Å². The summed E-state index contributed by atoms with van der Waals surface area (Å²) in [5, 5.41) is 0. The topological polar surface area (TPSA) is 35.2 Å². The second-order valence-electron chi connectivity index (χ2n) is 5.83. The van der Waals surface area contributed by atoms with Crippen LogP contribution in [0.5, 0.6) is 5.75 Å². The van der Waals surface area contributed by atoms with E-state index in [9.17, 15) is 0 Å². The van der Waals surface area contributed by atoms with Crippen LogP contribution in [0.1, 0.15) is 35.6 Å². The number of ether oxygens (including phenoxy) is 1. The Morgan fingerprint density at radius 3 is 2.33 bits per heavy atom. The van der Waals surface area contributed by atoms with E-state index in [1.165, 1.54) is 16.7 Å². The molecule has 2 N–H and O–H groups in total. The van der Waals surface area contributed by atoms with E-state index in [1.807, 2.05) is 6.07 Å². The summed E-state index contributed by atoms with van der Waals surface area (Å²) < 4.78 is 5.61. The van der Waals surface area contributed by atoms with Crippen LogP contribution in [0.3, 0.4) is 0 Å². The minimum atomic E-state index is -0.412. The van der Waals surface area contributed by atoms with Gasteiger partial charge in [0.2, 0.25) is 0 Å². The molecule has 112 valence electrons. The Morgan fingerprint density at radius 2 is 1.76 bits per heavy atom. The molecular formula is C19H25NO. The predicted molar refractivity (Wildman–Crippen MR) is 88.8 cm³/mol. The number of nitrogens with two attached hydrogens (primary N) is 1. The van der Waals surface area contributed by atoms with Crippen LogP contribution in [0.2, 0.25) is 0 Å². The fraction of sp³-hybridized carbons (Fsp3) is 0.368. The molecule has 2 aromatic carbocycles. The number of hydrogen-bond acceptors (Lipinski definition) is 2. The van der Waals surface area contributed by atoms with Crippen molar-refractivity contribution in [3.8, 4) is 5.75 Å². The molecule has 2 heteroatoms. The Hall–Kier alpha value is -1.80. The molecule has 0 aliphatic heterocycles. The third kappa shape index (κ3) is 3.27. The zero-order valence-corrected chi connectivity index (χ0v) is 13.4. The van der Waals surface area contributed by atoms with Crippen LogP contribution in [0.4, 0.5) is 0 Å². The van der Waals surface area contributed by atoms with E-state index in [0.717, 1.165) is 24.2 Å². The molecule has 1 atom stereocenters. The molecule has 0 aliphatic carbocycles. The summed E-state index contributed by atoms with van der Waals surface area (Å²) in [5.41, 5.74) is 11.2. The van der Waals surface area contributed by atoms with Gasteiger partial charge in [-0.3, -0.25) is 0 Å². The van der Waals surface area contributed by atoms with Crippen LogP contribution in [-0.2, 0) is 12.0 Å². The summed E-state index contributed by atoms with van der Waals surface area (Å²) in [4.78, 5) is 0. The largest absolute Gasteiger partial charge is 0.496 e. The van der Waals surface area contributed by atoms with Crippen molar-refractivity contribution in [3.63, 3.8) is 0 Å². The summed E-state index contributed by atoms with van der Waals surface area (Å²) in [6.07, 6.45) is 1.67. The van der Waals surface area contributed by atoms with Gasteiger partial charge in [-0.25, -0.2) is 0 Å². The van der Waals surface area contributed by atoms with Crippen molar-refractivity contribution in [2.24, 2.45) is 5.73 Å². The smallest absolute Gasteiger partial charge is 0.124 e. The summed E-state index contributed by atoms with van der Waals surface area (Å²) in [5.74, 6) is 0.896. The molecule has 0 aliphatic rings. The van der Waals surface area contributed by atoms with Crippen molar-refractivity contribution in [2.75, 3.05) is 7.11 Å². The highest BCUT2D eigenvalue weighted by molar-refractivity contribution is 5.48. The summed E-state index contributed by atoms with van der Waals surface area (Å²) in [6.45, 7) is 6.34. The molecule has 2 rings (SSSR count). The van der Waals surface area contributed by atoms with Crippen molar-refractivity contribution < 1.29 is 4.74 Å². The highest BCUT2D eigenvalue weighted by atomic mass is 16.5. The summed E-state index contributed by atoms with van der Waals surface area (Å²) >= 11 is 0. The van der Waals surface area contributed by atoms with Gasteiger partial charge in [-0.15, -0.1) is 0 Å². The van der Waals surface area contributed by atoms with E-state index in [2.05, 4.69) is 57.2 Å². The van der Waals surface area contributed by atoms with Gasteiger partial charge in [0.25, 0.3) is 0 Å². The Balaban J connectivity index is 2.50. The van der Waals surface area contributed by atoms with Crippen LogP contribution in [0, 0.1) is 13.8 Å². The third-order valence-corrected chi connectivity index (χ3v) is 4.15. The lowest BCUT2D eigenvalue weighted by Gasteiger charge is -2.32. The molecule has 0 saturated heterocycles. The molecule has 0 fully saturated rings. The van der Waals surface area contributed by atoms with Crippen molar-refractivity contribution in [1.82, 2.24) is 0 Å². The second kappa shape index (κ2) is 6.31. The average molecular weight is 283 g/mol. The SMILES string of the molecule is CCC(N)(Cc1ccccc1)c1c(C)cc(C)cc1OC. The van der Waals surface area contributed by atoms with Crippen molar-refractivity contribution in [1.29, 1.82) is 0 Å². The quantitative estimate of drug-likeness (QED) is 0.896. The Kier molecular flexibility index (Phi) is 4.69. The standard InChI is InChI=1S/C19H25NO/c1-5-19(20,13-16-9-7-6-8-10-16)18-15(3)11-14(2)12-17(18)21-4/h6-12H,5,13,20H2,1-4H3. The number of hydrogen-bond donors (Lipinski definition) is 1. The van der Waals surface area contributed by atoms with Crippen LogP contribution in [0.25, 0.3) is 0 Å². The van der Waals surface area contributed by atoms with Gasteiger partial charge in [0, 0.05) is 11.1 Å². The predicted octanol–water partition coefficient (Wildman–Crippen LogP) is 4.12. The van der Waals surface area contributed by atoms with E-state index < -0.39 is 5.54 Å². The fourth-order valence-electron chi connectivity index (χ4n) is 3.08. The van der Waals surface area contributed by atoms with Gasteiger partial charge in [0.05, 0.1) is 7.11 Å². The lowest BCUT2D eigenvalue weighted by Crippen LogP contribution is -2.39. The van der Waals surface area contributed by atoms with E-state index in [1.54, 1.807) is 7.11 Å². The van der Waals surface area contributed by atoms with Crippen molar-refractivity contribution in [3.05, 3.63) is 64.7 Å². The monoisotopic (exact) mass is 283 g/mol. The molecule has 0 radical (unpaired) electrons. The number of rotatable bonds is 5. The molecule has 0 amide bonds. The lowest BCUT2D eigenvalue weighted by molar-refractivity contribution is 0.366. The molecule has 0 spiro atoms. The van der Waals surface area contributed by atoms with Crippen LogP contribution < -0.4 is 10.5 Å². The lowest BCUT2D eigenvalue weighted by atomic mass is 9.79. The first-order valence-corrected chi connectivity index (χ1v) is 7.48. The Bertz CT molecular complexity index is 606. The van der Waals surface area contributed by atoms with Crippen molar-refractivity contribution in [2.45, 2.75) is 39.2 Å². The van der Waals surface area contributed by atoms with Gasteiger partial charge in [-0.1, -0.05) is 43.3 Å². The van der Waals surface area contributed by atoms with Gasteiger partial charge in [-0.05, 0) is 49.4 Å². The molecule has 1 unspecified atom stereocenters. The zero-order valence-electron chi connectivity index (χ0n) is 13.4. The number of methoxy groups -OCH3 is 1. The molecular weight excluding hydrogens is 258 g/mol. The minimum absolute atomic E-state index is 0.412. The summed E-state index contributed by atoms with van der Waals surface area (Å²) in [7, 11) is 1.72. The molecule has 0 aromatic heterocycles. The van der Waals surface area contributed by atoms with Gasteiger partial charge >= 0.3 is 0 Å². The first-order valence-electron chi connectivity index (χ1n) is 7.48. The molecule has 21 heavy (non-hydrogen) atoms. The van der Waals surface area contributed by atoms with Gasteiger partial charge < -0.3 is 10.5 Å².